The molecule has 7 nitrogen and oxygen atoms in total. The van der Waals surface area contributed by atoms with Crippen LogP contribution in [0.15, 0.2) is 22.8 Å². The van der Waals surface area contributed by atoms with Crippen molar-refractivity contribution in [1.29, 1.82) is 0 Å². The number of rotatable bonds is 4. The van der Waals surface area contributed by atoms with Crippen LogP contribution in [0.1, 0.15) is 12.8 Å². The number of aliphatic carboxylic acids is 1. The molecular weight excluding hydrogens is 224 g/mol. The number of nitrogens with zero attached hydrogens (tertiary/aromatic N) is 4. The van der Waals surface area contributed by atoms with E-state index in [0.717, 1.165) is 0 Å². The lowest BCUT2D eigenvalue weighted by Crippen LogP contribution is -2.22. The van der Waals surface area contributed by atoms with Crippen LogP contribution in [0.2, 0.25) is 0 Å². The first kappa shape index (κ1) is 10.0. The van der Waals surface area contributed by atoms with Gasteiger partial charge in [-0.15, -0.1) is 5.10 Å². The zero-order valence-electron chi connectivity index (χ0n) is 8.91. The maximum atomic E-state index is 11.1. The Bertz CT molecular complexity index is 542. The topological polar surface area (TPSA) is 94.0 Å². The predicted molar refractivity (Wildman–Crippen MR) is 54.8 cm³/mol. The van der Waals surface area contributed by atoms with E-state index in [2.05, 4.69) is 15.5 Å². The molecule has 2 aromatic rings. The number of aromatic nitrogens is 4. The Balaban J connectivity index is 1.90. The average Bonchev–Trinajstić information content (AvgIpc) is 2.75. The van der Waals surface area contributed by atoms with Crippen molar-refractivity contribution in [2.45, 2.75) is 19.4 Å². The van der Waals surface area contributed by atoms with Gasteiger partial charge >= 0.3 is 5.97 Å². The van der Waals surface area contributed by atoms with Crippen molar-refractivity contribution in [1.82, 2.24) is 20.2 Å². The Morgan fingerprint density at radius 2 is 2.41 bits per heavy atom. The highest BCUT2D eigenvalue weighted by atomic mass is 16.4. The minimum Gasteiger partial charge on any atom is -0.481 e. The van der Waals surface area contributed by atoms with Gasteiger partial charge in [0.2, 0.25) is 5.82 Å². The zero-order chi connectivity index (χ0) is 11.9. The summed E-state index contributed by atoms with van der Waals surface area (Å²) in [6, 6.07) is 3.47. The molecule has 2 heterocycles. The highest BCUT2D eigenvalue weighted by molar-refractivity contribution is 5.77. The van der Waals surface area contributed by atoms with Crippen LogP contribution in [0.4, 0.5) is 0 Å². The Morgan fingerprint density at radius 1 is 1.59 bits per heavy atom. The zero-order valence-corrected chi connectivity index (χ0v) is 8.91. The van der Waals surface area contributed by atoms with E-state index in [9.17, 15) is 4.79 Å². The van der Waals surface area contributed by atoms with Crippen molar-refractivity contribution in [3.63, 3.8) is 0 Å². The van der Waals surface area contributed by atoms with Crippen molar-refractivity contribution in [3.05, 3.63) is 18.4 Å². The van der Waals surface area contributed by atoms with Crippen molar-refractivity contribution >= 4 is 5.97 Å². The van der Waals surface area contributed by atoms with Crippen molar-refractivity contribution in [2.24, 2.45) is 5.41 Å². The molecule has 7 heteroatoms. The first-order valence-electron chi connectivity index (χ1n) is 5.25. The largest absolute Gasteiger partial charge is 0.481 e. The molecule has 2 aromatic heterocycles. The van der Waals surface area contributed by atoms with Crippen LogP contribution in [-0.4, -0.2) is 31.3 Å². The molecule has 0 bridgehead atoms. The molecule has 0 amide bonds. The number of carboxylic acids is 1. The Hall–Kier alpha value is -2.18. The number of tetrazole rings is 1. The highest BCUT2D eigenvalue weighted by Crippen LogP contribution is 2.47. The van der Waals surface area contributed by atoms with Crippen LogP contribution in [0.3, 0.4) is 0 Å². The second-order valence-electron chi connectivity index (χ2n) is 4.22. The number of hydrogen-bond acceptors (Lipinski definition) is 5. The third-order valence-corrected chi connectivity index (χ3v) is 3.03. The predicted octanol–water partition coefficient (Wildman–Crippen LogP) is 0.798. The van der Waals surface area contributed by atoms with Gasteiger partial charge in [0.25, 0.3) is 0 Å². The molecule has 0 aromatic carbocycles. The molecule has 1 fully saturated rings. The van der Waals surface area contributed by atoms with E-state index in [0.29, 0.717) is 24.4 Å². The summed E-state index contributed by atoms with van der Waals surface area (Å²) in [6.07, 6.45) is 2.86. The second kappa shape index (κ2) is 3.41. The van der Waals surface area contributed by atoms with Crippen LogP contribution in [0.5, 0.6) is 0 Å². The molecule has 0 aliphatic heterocycles. The molecular formula is C10H10N4O3. The molecule has 0 saturated heterocycles. The Morgan fingerprint density at radius 3 is 3.00 bits per heavy atom. The molecule has 3 rings (SSSR count). The molecule has 88 valence electrons. The van der Waals surface area contributed by atoms with Gasteiger partial charge in [-0.1, -0.05) is 0 Å². The van der Waals surface area contributed by atoms with Gasteiger partial charge in [-0.3, -0.25) is 4.79 Å². The van der Waals surface area contributed by atoms with E-state index >= 15 is 0 Å². The molecule has 1 saturated carbocycles. The third-order valence-electron chi connectivity index (χ3n) is 3.03. The fourth-order valence-electron chi connectivity index (χ4n) is 1.77. The number of carbonyl (C=O) groups is 1. The van der Waals surface area contributed by atoms with E-state index in [1.54, 1.807) is 12.1 Å². The second-order valence-corrected chi connectivity index (χ2v) is 4.22. The molecule has 0 spiro atoms. The molecule has 1 aliphatic carbocycles. The summed E-state index contributed by atoms with van der Waals surface area (Å²) in [4.78, 5) is 11.1. The van der Waals surface area contributed by atoms with Gasteiger partial charge in [0.1, 0.15) is 0 Å². The van der Waals surface area contributed by atoms with Crippen LogP contribution in [0.25, 0.3) is 11.6 Å². The summed E-state index contributed by atoms with van der Waals surface area (Å²) in [7, 11) is 0. The van der Waals surface area contributed by atoms with Gasteiger partial charge in [-0.05, 0) is 35.4 Å². The average molecular weight is 234 g/mol. The summed E-state index contributed by atoms with van der Waals surface area (Å²) in [5.41, 5.74) is -0.698. The van der Waals surface area contributed by atoms with E-state index in [1.165, 1.54) is 10.9 Å². The Kier molecular flexibility index (Phi) is 2.01. The normalized spacial score (nSPS) is 16.9. The van der Waals surface area contributed by atoms with E-state index in [-0.39, 0.29) is 6.54 Å². The summed E-state index contributed by atoms with van der Waals surface area (Å²) in [5, 5.41) is 20.3. The molecule has 1 N–H and O–H groups in total. The number of furan rings is 1. The van der Waals surface area contributed by atoms with E-state index < -0.39 is 11.4 Å². The first-order chi connectivity index (χ1) is 8.21. The lowest BCUT2D eigenvalue weighted by molar-refractivity contribution is -0.144. The quantitative estimate of drug-likeness (QED) is 0.840. The minimum atomic E-state index is -0.793. The minimum absolute atomic E-state index is 0.283. The first-order valence-corrected chi connectivity index (χ1v) is 5.25. The SMILES string of the molecule is O=C(O)C1(Cn2nnnc2-c2ccco2)CC1. The lowest BCUT2D eigenvalue weighted by atomic mass is 10.1. The van der Waals surface area contributed by atoms with Crippen molar-refractivity contribution < 1.29 is 14.3 Å². The van der Waals surface area contributed by atoms with Gasteiger partial charge in [-0.25, -0.2) is 4.68 Å². The van der Waals surface area contributed by atoms with Crippen LogP contribution in [-0.2, 0) is 11.3 Å². The molecule has 0 atom stereocenters. The van der Waals surface area contributed by atoms with E-state index in [1.807, 2.05) is 0 Å². The standard InChI is InChI=1S/C10H10N4O3/c15-9(16)10(3-4-10)6-14-8(11-12-13-14)7-2-1-5-17-7/h1-2,5H,3-4,6H2,(H,15,16). The third kappa shape index (κ3) is 1.59. The van der Waals surface area contributed by atoms with E-state index in [4.69, 9.17) is 9.52 Å². The molecule has 0 unspecified atom stereocenters. The van der Waals surface area contributed by atoms with Crippen LogP contribution in [0, 0.1) is 5.41 Å². The Labute approximate surface area is 96.0 Å². The van der Waals surface area contributed by atoms with Crippen LogP contribution < -0.4 is 0 Å². The van der Waals surface area contributed by atoms with Gasteiger partial charge in [0.15, 0.2) is 5.76 Å². The molecule has 1 aliphatic rings. The summed E-state index contributed by atoms with van der Waals surface area (Å²) in [6.45, 7) is 0.283. The van der Waals surface area contributed by atoms with Gasteiger partial charge in [0, 0.05) is 0 Å². The lowest BCUT2D eigenvalue weighted by Gasteiger charge is -2.09. The number of hydrogen-bond donors (Lipinski definition) is 1. The number of carboxylic acid groups (broad SMARTS) is 1. The fourth-order valence-corrected chi connectivity index (χ4v) is 1.77. The van der Waals surface area contributed by atoms with Gasteiger partial charge < -0.3 is 9.52 Å². The van der Waals surface area contributed by atoms with Gasteiger partial charge in [-0.2, -0.15) is 0 Å². The monoisotopic (exact) mass is 234 g/mol. The fraction of sp³-hybridized carbons (Fsp3) is 0.400. The highest BCUT2D eigenvalue weighted by Gasteiger charge is 2.51. The molecule has 0 radical (unpaired) electrons. The summed E-state index contributed by atoms with van der Waals surface area (Å²) in [5.74, 6) is 0.206. The molecule has 17 heavy (non-hydrogen) atoms. The summed E-state index contributed by atoms with van der Waals surface area (Å²) < 4.78 is 6.69. The van der Waals surface area contributed by atoms with Crippen molar-refractivity contribution in [2.75, 3.05) is 0 Å². The van der Waals surface area contributed by atoms with Gasteiger partial charge in [0.05, 0.1) is 18.2 Å². The maximum Gasteiger partial charge on any atom is 0.311 e. The maximum absolute atomic E-state index is 11.1. The van der Waals surface area contributed by atoms with Crippen LogP contribution >= 0.6 is 0 Å². The smallest absolute Gasteiger partial charge is 0.311 e. The van der Waals surface area contributed by atoms with Crippen molar-refractivity contribution in [3.8, 4) is 11.6 Å². The summed E-state index contributed by atoms with van der Waals surface area (Å²) >= 11 is 0.